The quantitative estimate of drug-likeness (QED) is 0.534. The lowest BCUT2D eigenvalue weighted by atomic mass is 10.1. The average molecular weight is 475 g/mol. The lowest BCUT2D eigenvalue weighted by Gasteiger charge is -2.38. The van der Waals surface area contributed by atoms with Gasteiger partial charge in [-0.15, -0.1) is 0 Å². The zero-order chi connectivity index (χ0) is 24.4. The molecule has 0 radical (unpaired) electrons. The molecule has 7 heteroatoms. The van der Waals surface area contributed by atoms with Crippen LogP contribution in [0.1, 0.15) is 37.2 Å². The van der Waals surface area contributed by atoms with Crippen LogP contribution in [0.3, 0.4) is 0 Å². The molecule has 0 aliphatic carbocycles. The molecule has 35 heavy (non-hydrogen) atoms. The molecule has 1 aromatic heterocycles. The van der Waals surface area contributed by atoms with Crippen LogP contribution in [0.4, 0.5) is 0 Å². The molecule has 5 rings (SSSR count). The number of morpholine rings is 1. The second kappa shape index (κ2) is 10.2. The van der Waals surface area contributed by atoms with E-state index in [1.54, 1.807) is 7.11 Å². The summed E-state index contributed by atoms with van der Waals surface area (Å²) in [6.45, 7) is 7.72. The number of rotatable bonds is 6. The van der Waals surface area contributed by atoms with E-state index in [4.69, 9.17) is 14.6 Å². The molecule has 184 valence electrons. The number of likely N-dealkylation sites (tertiary alicyclic amines) is 1. The summed E-state index contributed by atoms with van der Waals surface area (Å²) in [5.74, 6) is 0.800. The van der Waals surface area contributed by atoms with Crippen molar-refractivity contribution >= 4 is 5.91 Å². The smallest absolute Gasteiger partial charge is 0.274 e. The predicted molar refractivity (Wildman–Crippen MR) is 136 cm³/mol. The van der Waals surface area contributed by atoms with Gasteiger partial charge in [0, 0.05) is 37.8 Å². The average Bonchev–Trinajstić information content (AvgIpc) is 3.51. The molecule has 0 bridgehead atoms. The lowest BCUT2D eigenvalue weighted by molar-refractivity contribution is -0.0715. The Kier molecular flexibility index (Phi) is 6.88. The minimum Gasteiger partial charge on any atom is -0.497 e. The summed E-state index contributed by atoms with van der Waals surface area (Å²) in [5.41, 5.74) is 3.27. The standard InChI is InChI=1S/C28H34N4O3/c1-20-17-30(18-21(2)35-20)19-24-10-7-15-31(24)28(33)26-16-27(22-11-13-25(34-3)14-12-22)32(29-26)23-8-5-4-6-9-23/h4-6,8-9,11-14,16,20-21,24H,7,10,15,17-19H2,1-3H3. The molecule has 2 aliphatic heterocycles. The lowest BCUT2D eigenvalue weighted by Crippen LogP contribution is -2.51. The van der Waals surface area contributed by atoms with E-state index in [1.807, 2.05) is 70.2 Å². The number of methoxy groups -OCH3 is 1. The molecule has 0 N–H and O–H groups in total. The van der Waals surface area contributed by atoms with Gasteiger partial charge in [-0.2, -0.15) is 5.10 Å². The third-order valence-electron chi connectivity index (χ3n) is 6.92. The Hall–Kier alpha value is -3.16. The summed E-state index contributed by atoms with van der Waals surface area (Å²) in [6.07, 6.45) is 2.49. The first kappa shape index (κ1) is 23.6. The fourth-order valence-electron chi connectivity index (χ4n) is 5.39. The SMILES string of the molecule is COc1ccc(-c2cc(C(=O)N3CCCC3CN3CC(C)OC(C)C3)nn2-c2ccccc2)cc1. The van der Waals surface area contributed by atoms with Crippen LogP contribution < -0.4 is 4.74 Å². The van der Waals surface area contributed by atoms with Crippen molar-refractivity contribution in [3.8, 4) is 22.7 Å². The topological polar surface area (TPSA) is 59.8 Å². The van der Waals surface area contributed by atoms with Crippen molar-refractivity contribution < 1.29 is 14.3 Å². The van der Waals surface area contributed by atoms with Crippen LogP contribution in [0.25, 0.3) is 16.9 Å². The van der Waals surface area contributed by atoms with E-state index < -0.39 is 0 Å². The van der Waals surface area contributed by atoms with Crippen molar-refractivity contribution in [1.82, 2.24) is 19.6 Å². The molecule has 0 saturated carbocycles. The van der Waals surface area contributed by atoms with Gasteiger partial charge in [-0.1, -0.05) is 18.2 Å². The summed E-state index contributed by atoms with van der Waals surface area (Å²) >= 11 is 0. The predicted octanol–water partition coefficient (Wildman–Crippen LogP) is 4.26. The van der Waals surface area contributed by atoms with Crippen molar-refractivity contribution in [3.05, 3.63) is 66.4 Å². The van der Waals surface area contributed by atoms with Gasteiger partial charge in [0.15, 0.2) is 5.69 Å². The highest BCUT2D eigenvalue weighted by atomic mass is 16.5. The van der Waals surface area contributed by atoms with Crippen molar-refractivity contribution in [2.75, 3.05) is 33.3 Å². The van der Waals surface area contributed by atoms with E-state index in [9.17, 15) is 4.79 Å². The minimum absolute atomic E-state index is 0.00583. The zero-order valence-corrected chi connectivity index (χ0v) is 20.8. The van der Waals surface area contributed by atoms with Gasteiger partial charge in [0.2, 0.25) is 0 Å². The normalized spacial score (nSPS) is 22.9. The highest BCUT2D eigenvalue weighted by Crippen LogP contribution is 2.28. The molecule has 2 saturated heterocycles. The molecule has 2 aliphatic rings. The van der Waals surface area contributed by atoms with Crippen molar-refractivity contribution in [1.29, 1.82) is 0 Å². The van der Waals surface area contributed by atoms with E-state index >= 15 is 0 Å². The van der Waals surface area contributed by atoms with Gasteiger partial charge >= 0.3 is 0 Å². The van der Waals surface area contributed by atoms with Crippen LogP contribution >= 0.6 is 0 Å². The van der Waals surface area contributed by atoms with Crippen LogP contribution in [0.15, 0.2) is 60.7 Å². The number of hydrogen-bond donors (Lipinski definition) is 0. The van der Waals surface area contributed by atoms with E-state index in [0.717, 1.165) is 61.7 Å². The van der Waals surface area contributed by atoms with Crippen molar-refractivity contribution in [2.24, 2.45) is 0 Å². The maximum atomic E-state index is 13.7. The molecular formula is C28H34N4O3. The minimum atomic E-state index is 0.00583. The van der Waals surface area contributed by atoms with Crippen molar-refractivity contribution in [3.63, 3.8) is 0 Å². The number of ether oxygens (including phenoxy) is 2. The number of benzene rings is 2. The Bertz CT molecular complexity index is 1130. The molecule has 3 aromatic rings. The largest absolute Gasteiger partial charge is 0.497 e. The van der Waals surface area contributed by atoms with Crippen LogP contribution in [0, 0.1) is 0 Å². The Labute approximate surface area is 207 Å². The molecule has 2 aromatic carbocycles. The molecule has 3 atom stereocenters. The monoisotopic (exact) mass is 474 g/mol. The van der Waals surface area contributed by atoms with E-state index in [0.29, 0.717) is 5.69 Å². The molecular weight excluding hydrogens is 440 g/mol. The van der Waals surface area contributed by atoms with Gasteiger partial charge in [-0.25, -0.2) is 4.68 Å². The van der Waals surface area contributed by atoms with Crippen molar-refractivity contribution in [2.45, 2.75) is 44.9 Å². The van der Waals surface area contributed by atoms with E-state index in [1.165, 1.54) is 0 Å². The van der Waals surface area contributed by atoms with Crippen LogP contribution in [-0.4, -0.2) is 77.0 Å². The maximum absolute atomic E-state index is 13.7. The van der Waals surface area contributed by atoms with Gasteiger partial charge < -0.3 is 14.4 Å². The first-order valence-electron chi connectivity index (χ1n) is 12.5. The number of amides is 1. The summed E-state index contributed by atoms with van der Waals surface area (Å²) in [5, 5.41) is 4.81. The number of aromatic nitrogens is 2. The Balaban J connectivity index is 1.42. The fourth-order valence-corrected chi connectivity index (χ4v) is 5.39. The highest BCUT2D eigenvalue weighted by molar-refractivity contribution is 5.94. The maximum Gasteiger partial charge on any atom is 0.274 e. The number of carbonyl (C=O) groups is 1. The van der Waals surface area contributed by atoms with E-state index in [2.05, 4.69) is 18.7 Å². The first-order valence-corrected chi connectivity index (χ1v) is 12.5. The van der Waals surface area contributed by atoms with Crippen LogP contribution in [0.5, 0.6) is 5.75 Å². The number of hydrogen-bond acceptors (Lipinski definition) is 5. The van der Waals surface area contributed by atoms with Gasteiger partial charge in [-0.3, -0.25) is 9.69 Å². The van der Waals surface area contributed by atoms with Gasteiger partial charge in [-0.05, 0) is 69.2 Å². The van der Waals surface area contributed by atoms with Crippen LogP contribution in [-0.2, 0) is 4.74 Å². The highest BCUT2D eigenvalue weighted by Gasteiger charge is 2.34. The van der Waals surface area contributed by atoms with Gasteiger partial charge in [0.05, 0.1) is 30.7 Å². The third kappa shape index (κ3) is 5.11. The van der Waals surface area contributed by atoms with E-state index in [-0.39, 0.29) is 24.2 Å². The summed E-state index contributed by atoms with van der Waals surface area (Å²) in [7, 11) is 1.66. The Morgan fingerprint density at radius 3 is 2.46 bits per heavy atom. The molecule has 3 unspecified atom stereocenters. The third-order valence-corrected chi connectivity index (χ3v) is 6.92. The molecule has 1 amide bonds. The first-order chi connectivity index (χ1) is 17.0. The molecule has 3 heterocycles. The number of carbonyl (C=O) groups excluding carboxylic acids is 1. The van der Waals surface area contributed by atoms with Gasteiger partial charge in [0.1, 0.15) is 5.75 Å². The summed E-state index contributed by atoms with van der Waals surface area (Å²) in [4.78, 5) is 18.2. The summed E-state index contributed by atoms with van der Waals surface area (Å²) in [6, 6.07) is 20.0. The second-order valence-electron chi connectivity index (χ2n) is 9.66. The Morgan fingerprint density at radius 1 is 1.06 bits per heavy atom. The zero-order valence-electron chi connectivity index (χ0n) is 20.8. The second-order valence-corrected chi connectivity index (χ2v) is 9.66. The molecule has 7 nitrogen and oxygen atoms in total. The summed E-state index contributed by atoms with van der Waals surface area (Å²) < 4.78 is 13.1. The van der Waals surface area contributed by atoms with Crippen LogP contribution in [0.2, 0.25) is 0 Å². The molecule has 0 spiro atoms. The number of nitrogens with zero attached hydrogens (tertiary/aromatic N) is 4. The Morgan fingerprint density at radius 2 is 1.77 bits per heavy atom. The van der Waals surface area contributed by atoms with Gasteiger partial charge in [0.25, 0.3) is 5.91 Å². The number of para-hydroxylation sites is 1. The fraction of sp³-hybridized carbons (Fsp3) is 0.429. The molecule has 2 fully saturated rings.